The third-order valence-electron chi connectivity index (χ3n) is 4.37. The molecule has 1 amide bonds. The van der Waals surface area contributed by atoms with Crippen LogP contribution in [0.2, 0.25) is 10.2 Å². The van der Waals surface area contributed by atoms with Gasteiger partial charge in [-0.25, -0.2) is 4.98 Å². The summed E-state index contributed by atoms with van der Waals surface area (Å²) < 4.78 is 0. The average Bonchev–Trinajstić information content (AvgIpc) is 2.64. The number of pyridine rings is 1. The van der Waals surface area contributed by atoms with Crippen molar-refractivity contribution in [3.05, 3.63) is 52.3 Å². The number of aromatic nitrogens is 1. The maximum atomic E-state index is 12.5. The topological polar surface area (TPSA) is 48.5 Å². The summed E-state index contributed by atoms with van der Waals surface area (Å²) >= 11 is 11.8. The number of anilines is 2. The van der Waals surface area contributed by atoms with E-state index in [1.54, 1.807) is 0 Å². The van der Waals surface area contributed by atoms with E-state index in [-0.39, 0.29) is 16.1 Å². The summed E-state index contributed by atoms with van der Waals surface area (Å²) in [6, 6.07) is 9.36. The highest BCUT2D eigenvalue weighted by Gasteiger charge is 2.19. The van der Waals surface area contributed by atoms with E-state index in [0.29, 0.717) is 5.56 Å². The van der Waals surface area contributed by atoms with Crippen molar-refractivity contribution in [1.29, 1.82) is 0 Å². The van der Waals surface area contributed by atoms with E-state index in [0.717, 1.165) is 44.1 Å². The van der Waals surface area contributed by atoms with Crippen molar-refractivity contribution >= 4 is 40.5 Å². The molecule has 5 nitrogen and oxygen atoms in total. The van der Waals surface area contributed by atoms with Gasteiger partial charge in [0, 0.05) is 32.4 Å². The van der Waals surface area contributed by atoms with Gasteiger partial charge in [-0.1, -0.05) is 42.3 Å². The molecule has 1 aliphatic heterocycles. The van der Waals surface area contributed by atoms with Crippen LogP contribution in [0, 0.1) is 0 Å². The van der Waals surface area contributed by atoms with Gasteiger partial charge in [0.1, 0.15) is 5.15 Å². The standard InChI is InChI=1S/C18H20Cl2N4O/c1-2-23-7-9-24(10-8-23)16-6-4-3-5-15(16)22-18(25)13-11-14(19)17(20)21-12-13/h3-6,11-12H,2,7-10H2,1H3,(H,22,25). The molecule has 0 aliphatic carbocycles. The van der Waals surface area contributed by atoms with Crippen LogP contribution in [0.1, 0.15) is 17.3 Å². The Kier molecular flexibility index (Phi) is 5.78. The van der Waals surface area contributed by atoms with Crippen LogP contribution in [0.4, 0.5) is 11.4 Å². The van der Waals surface area contributed by atoms with Gasteiger partial charge in [-0.3, -0.25) is 4.79 Å². The number of halogens is 2. The van der Waals surface area contributed by atoms with Gasteiger partial charge in [-0.2, -0.15) is 0 Å². The van der Waals surface area contributed by atoms with Crippen LogP contribution >= 0.6 is 23.2 Å². The van der Waals surface area contributed by atoms with E-state index in [9.17, 15) is 4.79 Å². The second-order valence-electron chi connectivity index (χ2n) is 5.89. The highest BCUT2D eigenvalue weighted by atomic mass is 35.5. The van der Waals surface area contributed by atoms with Crippen molar-refractivity contribution in [2.45, 2.75) is 6.92 Å². The third-order valence-corrected chi connectivity index (χ3v) is 5.06. The minimum atomic E-state index is -0.259. The molecule has 0 saturated carbocycles. The Morgan fingerprint density at radius 3 is 2.60 bits per heavy atom. The first kappa shape index (κ1) is 18.0. The maximum absolute atomic E-state index is 12.5. The maximum Gasteiger partial charge on any atom is 0.257 e. The molecule has 1 saturated heterocycles. The molecule has 7 heteroatoms. The molecule has 0 radical (unpaired) electrons. The summed E-state index contributed by atoms with van der Waals surface area (Å²) in [5.74, 6) is -0.259. The lowest BCUT2D eigenvalue weighted by molar-refractivity contribution is 0.102. The number of para-hydroxylation sites is 2. The molecule has 132 valence electrons. The minimum Gasteiger partial charge on any atom is -0.367 e. The Bertz CT molecular complexity index is 760. The van der Waals surface area contributed by atoms with Gasteiger partial charge in [0.05, 0.1) is 22.0 Å². The van der Waals surface area contributed by atoms with Gasteiger partial charge in [0.2, 0.25) is 0 Å². The zero-order chi connectivity index (χ0) is 17.8. The van der Waals surface area contributed by atoms with E-state index in [1.807, 2.05) is 24.3 Å². The number of amides is 1. The van der Waals surface area contributed by atoms with Gasteiger partial charge in [-0.05, 0) is 24.7 Å². The molecule has 1 aromatic heterocycles. The third kappa shape index (κ3) is 4.24. The van der Waals surface area contributed by atoms with Crippen molar-refractivity contribution < 1.29 is 4.79 Å². The molecular weight excluding hydrogens is 359 g/mol. The minimum absolute atomic E-state index is 0.187. The van der Waals surface area contributed by atoms with Crippen LogP contribution < -0.4 is 10.2 Å². The van der Waals surface area contributed by atoms with Gasteiger partial charge < -0.3 is 15.1 Å². The van der Waals surface area contributed by atoms with Crippen LogP contribution in [0.25, 0.3) is 0 Å². The molecule has 2 aromatic rings. The molecule has 3 rings (SSSR count). The van der Waals surface area contributed by atoms with Crippen molar-refractivity contribution in [3.63, 3.8) is 0 Å². The fraction of sp³-hybridized carbons (Fsp3) is 0.333. The van der Waals surface area contributed by atoms with Gasteiger partial charge in [0.15, 0.2) is 0 Å². The lowest BCUT2D eigenvalue weighted by Crippen LogP contribution is -2.46. The molecule has 0 atom stereocenters. The number of piperazine rings is 1. The van der Waals surface area contributed by atoms with Gasteiger partial charge >= 0.3 is 0 Å². The number of carbonyl (C=O) groups is 1. The highest BCUT2D eigenvalue weighted by molar-refractivity contribution is 6.41. The van der Waals surface area contributed by atoms with Crippen LogP contribution in [0.15, 0.2) is 36.5 Å². The van der Waals surface area contributed by atoms with Crippen molar-refractivity contribution in [1.82, 2.24) is 9.88 Å². The second-order valence-corrected chi connectivity index (χ2v) is 6.65. The number of nitrogens with zero attached hydrogens (tertiary/aromatic N) is 3. The zero-order valence-electron chi connectivity index (χ0n) is 14.0. The first-order valence-electron chi connectivity index (χ1n) is 8.27. The molecule has 0 spiro atoms. The lowest BCUT2D eigenvalue weighted by Gasteiger charge is -2.36. The summed E-state index contributed by atoms with van der Waals surface area (Å²) in [4.78, 5) is 21.2. The summed E-state index contributed by atoms with van der Waals surface area (Å²) in [7, 11) is 0. The van der Waals surface area contributed by atoms with Crippen molar-refractivity contribution in [3.8, 4) is 0 Å². The molecule has 1 aromatic carbocycles. The normalized spacial score (nSPS) is 15.2. The van der Waals surface area contributed by atoms with E-state index < -0.39 is 0 Å². The van der Waals surface area contributed by atoms with E-state index >= 15 is 0 Å². The Balaban J connectivity index is 1.77. The number of hydrogen-bond acceptors (Lipinski definition) is 4. The summed E-state index contributed by atoms with van der Waals surface area (Å²) in [6.45, 7) is 7.17. The number of nitrogens with one attached hydrogen (secondary N) is 1. The SMILES string of the molecule is CCN1CCN(c2ccccc2NC(=O)c2cnc(Cl)c(Cl)c2)CC1. The Morgan fingerprint density at radius 1 is 1.20 bits per heavy atom. The predicted octanol–water partition coefficient (Wildman–Crippen LogP) is 3.78. The second kappa shape index (κ2) is 8.04. The summed E-state index contributed by atoms with van der Waals surface area (Å²) in [5.41, 5.74) is 2.18. The van der Waals surface area contributed by atoms with Crippen LogP contribution in [0.3, 0.4) is 0 Å². The monoisotopic (exact) mass is 378 g/mol. The van der Waals surface area contributed by atoms with Crippen molar-refractivity contribution in [2.75, 3.05) is 42.9 Å². The average molecular weight is 379 g/mol. The summed E-state index contributed by atoms with van der Waals surface area (Å²) in [5, 5.41) is 3.41. The first-order chi connectivity index (χ1) is 12.1. The number of carbonyl (C=O) groups excluding carboxylic acids is 1. The molecule has 1 aliphatic rings. The fourth-order valence-electron chi connectivity index (χ4n) is 2.90. The van der Waals surface area contributed by atoms with E-state index in [2.05, 4.69) is 27.0 Å². The predicted molar refractivity (Wildman–Crippen MR) is 103 cm³/mol. The number of likely N-dealkylation sites (N-methyl/N-ethyl adjacent to an activating group) is 1. The number of hydrogen-bond donors (Lipinski definition) is 1. The molecule has 1 N–H and O–H groups in total. The first-order valence-corrected chi connectivity index (χ1v) is 9.03. The van der Waals surface area contributed by atoms with Crippen LogP contribution in [0.5, 0.6) is 0 Å². The lowest BCUT2D eigenvalue weighted by atomic mass is 10.2. The summed E-state index contributed by atoms with van der Waals surface area (Å²) in [6.07, 6.45) is 1.42. The smallest absolute Gasteiger partial charge is 0.257 e. The zero-order valence-corrected chi connectivity index (χ0v) is 15.5. The van der Waals surface area contributed by atoms with Gasteiger partial charge in [-0.15, -0.1) is 0 Å². The van der Waals surface area contributed by atoms with Crippen molar-refractivity contribution in [2.24, 2.45) is 0 Å². The number of rotatable bonds is 4. The fourth-order valence-corrected chi connectivity index (χ4v) is 3.17. The Hall–Kier alpha value is -1.82. The molecule has 0 bridgehead atoms. The van der Waals surface area contributed by atoms with Gasteiger partial charge in [0.25, 0.3) is 5.91 Å². The quantitative estimate of drug-likeness (QED) is 0.822. The Morgan fingerprint density at radius 2 is 1.92 bits per heavy atom. The molecule has 1 fully saturated rings. The van der Waals surface area contributed by atoms with E-state index in [1.165, 1.54) is 12.3 Å². The molecule has 2 heterocycles. The van der Waals surface area contributed by atoms with Crippen LogP contribution in [-0.2, 0) is 0 Å². The number of benzene rings is 1. The largest absolute Gasteiger partial charge is 0.367 e. The Labute approximate surface area is 157 Å². The van der Waals surface area contributed by atoms with Crippen LogP contribution in [-0.4, -0.2) is 48.5 Å². The molecule has 25 heavy (non-hydrogen) atoms. The highest BCUT2D eigenvalue weighted by Crippen LogP contribution is 2.27. The van der Waals surface area contributed by atoms with E-state index in [4.69, 9.17) is 23.2 Å². The molecular formula is C18H20Cl2N4O. The molecule has 0 unspecified atom stereocenters.